The lowest BCUT2D eigenvalue weighted by atomic mass is 9.89. The summed E-state index contributed by atoms with van der Waals surface area (Å²) in [6.07, 6.45) is -0.105. The van der Waals surface area contributed by atoms with Crippen LogP contribution in [0.15, 0.2) is 0 Å². The topological polar surface area (TPSA) is 65.1 Å². The van der Waals surface area contributed by atoms with Crippen LogP contribution >= 0.6 is 0 Å². The molecule has 0 N–H and O–H groups in total. The molecule has 6 heteroatoms. The number of piperidine rings is 1. The number of rotatable bonds is 3. The molecular weight excluding hydrogens is 226 g/mol. The number of likely N-dealkylation sites (N-methyl/N-ethyl adjacent to an activating group) is 1. The van der Waals surface area contributed by atoms with Crippen LogP contribution < -0.4 is 0 Å². The van der Waals surface area contributed by atoms with E-state index in [9.17, 15) is 9.59 Å². The average Bonchev–Trinajstić information content (AvgIpc) is 2.70. The van der Waals surface area contributed by atoms with E-state index in [1.807, 2.05) is 6.92 Å². The van der Waals surface area contributed by atoms with Crippen molar-refractivity contribution in [2.75, 3.05) is 20.8 Å². The smallest absolute Gasteiger partial charge is 0.351 e. The van der Waals surface area contributed by atoms with E-state index in [1.165, 1.54) is 12.0 Å². The molecule has 17 heavy (non-hydrogen) atoms. The van der Waals surface area contributed by atoms with Gasteiger partial charge in [-0.3, -0.25) is 4.79 Å². The number of esters is 1. The molecule has 0 aromatic carbocycles. The fraction of sp³-hybridized carbons (Fsp3) is 0.818. The molecule has 0 aromatic heterocycles. The Morgan fingerprint density at radius 1 is 1.65 bits per heavy atom. The molecule has 2 aliphatic heterocycles. The lowest BCUT2D eigenvalue weighted by Gasteiger charge is -2.34. The van der Waals surface area contributed by atoms with Crippen LogP contribution in [-0.2, 0) is 23.8 Å². The van der Waals surface area contributed by atoms with Crippen LogP contribution in [-0.4, -0.2) is 55.0 Å². The quantitative estimate of drug-likeness (QED) is 0.512. The largest absolute Gasteiger partial charge is 0.466 e. The van der Waals surface area contributed by atoms with Gasteiger partial charge in [0, 0.05) is 20.1 Å². The number of methoxy groups -OCH3 is 1. The second-order valence-electron chi connectivity index (χ2n) is 4.52. The highest BCUT2D eigenvalue weighted by Gasteiger charge is 2.73. The third kappa shape index (κ3) is 1.34. The van der Waals surface area contributed by atoms with Crippen LogP contribution in [0, 0.1) is 0 Å². The van der Waals surface area contributed by atoms with Gasteiger partial charge < -0.3 is 19.1 Å². The molecule has 3 atom stereocenters. The molecule has 2 fully saturated rings. The second-order valence-corrected chi connectivity index (χ2v) is 4.52. The molecule has 0 radical (unpaired) electrons. The maximum atomic E-state index is 12.2. The van der Waals surface area contributed by atoms with Crippen molar-refractivity contribution in [3.63, 3.8) is 0 Å². The summed E-state index contributed by atoms with van der Waals surface area (Å²) < 4.78 is 15.8. The highest BCUT2D eigenvalue weighted by molar-refractivity contribution is 6.09. The molecule has 2 aliphatic rings. The number of carbonyl (C=O) groups excluding carboxylic acids is 2. The standard InChI is InChI=1S/C11H17NO5/c1-5-16-7-6-10(2)12(3)8(13)11(7,17-10)9(14)15-4/h7H,5-6H2,1-4H3/t7-,10-,11+/m1/s1. The predicted molar refractivity (Wildman–Crippen MR) is 57.0 cm³/mol. The summed E-state index contributed by atoms with van der Waals surface area (Å²) in [6, 6.07) is 0. The van der Waals surface area contributed by atoms with E-state index >= 15 is 0 Å². The maximum absolute atomic E-state index is 12.2. The normalized spacial score (nSPS) is 39.9. The summed E-state index contributed by atoms with van der Waals surface area (Å²) >= 11 is 0. The Morgan fingerprint density at radius 2 is 2.29 bits per heavy atom. The number of likely N-dealkylation sites (tertiary alicyclic amines) is 1. The lowest BCUT2D eigenvalue weighted by Crippen LogP contribution is -2.59. The van der Waals surface area contributed by atoms with Crippen molar-refractivity contribution in [2.45, 2.75) is 37.7 Å². The van der Waals surface area contributed by atoms with E-state index in [4.69, 9.17) is 14.2 Å². The molecule has 0 unspecified atom stereocenters. The summed E-state index contributed by atoms with van der Waals surface area (Å²) in [5.41, 5.74) is -2.40. The van der Waals surface area contributed by atoms with E-state index in [0.29, 0.717) is 13.0 Å². The van der Waals surface area contributed by atoms with Crippen LogP contribution in [0.2, 0.25) is 0 Å². The van der Waals surface area contributed by atoms with Crippen molar-refractivity contribution in [1.82, 2.24) is 4.90 Å². The maximum Gasteiger partial charge on any atom is 0.351 e. The van der Waals surface area contributed by atoms with Gasteiger partial charge in [0.1, 0.15) is 11.8 Å². The van der Waals surface area contributed by atoms with E-state index in [2.05, 4.69) is 0 Å². The molecule has 6 nitrogen and oxygen atoms in total. The number of hydrogen-bond donors (Lipinski definition) is 0. The van der Waals surface area contributed by atoms with Crippen molar-refractivity contribution < 1.29 is 23.8 Å². The Hall–Kier alpha value is -1.14. The minimum Gasteiger partial charge on any atom is -0.466 e. The molecular formula is C11H17NO5. The fourth-order valence-electron chi connectivity index (χ4n) is 2.58. The molecule has 0 saturated carbocycles. The van der Waals surface area contributed by atoms with Crippen LogP contribution in [0.4, 0.5) is 0 Å². The van der Waals surface area contributed by atoms with Gasteiger partial charge in [-0.05, 0) is 13.8 Å². The van der Waals surface area contributed by atoms with Gasteiger partial charge in [-0.2, -0.15) is 0 Å². The number of ether oxygens (including phenoxy) is 3. The minimum atomic E-state index is -1.62. The Balaban J connectivity index is 2.43. The number of nitrogens with zero attached hydrogens (tertiary/aromatic N) is 1. The molecule has 2 saturated heterocycles. The van der Waals surface area contributed by atoms with Gasteiger partial charge in [-0.25, -0.2) is 4.79 Å². The molecule has 96 valence electrons. The number of carbonyl (C=O) groups is 2. The van der Waals surface area contributed by atoms with E-state index < -0.39 is 29.3 Å². The summed E-state index contributed by atoms with van der Waals surface area (Å²) in [4.78, 5) is 25.5. The Labute approximate surface area is 99.8 Å². The first-order chi connectivity index (χ1) is 7.92. The highest BCUT2D eigenvalue weighted by atomic mass is 16.6. The third-order valence-corrected chi connectivity index (χ3v) is 3.59. The molecule has 0 aromatic rings. The second kappa shape index (κ2) is 3.68. The van der Waals surface area contributed by atoms with Crippen molar-refractivity contribution in [3.05, 3.63) is 0 Å². The Bertz CT molecular complexity index is 371. The van der Waals surface area contributed by atoms with Gasteiger partial charge in [0.15, 0.2) is 0 Å². The average molecular weight is 243 g/mol. The first-order valence-corrected chi connectivity index (χ1v) is 5.61. The van der Waals surface area contributed by atoms with Crippen molar-refractivity contribution in [2.24, 2.45) is 0 Å². The van der Waals surface area contributed by atoms with E-state index in [-0.39, 0.29) is 0 Å². The predicted octanol–water partition coefficient (Wildman–Crippen LogP) is -0.0882. The Morgan fingerprint density at radius 3 is 2.76 bits per heavy atom. The van der Waals surface area contributed by atoms with Crippen LogP contribution in [0.25, 0.3) is 0 Å². The lowest BCUT2D eigenvalue weighted by molar-refractivity contribution is -0.178. The minimum absolute atomic E-state index is 0.392. The summed E-state index contributed by atoms with van der Waals surface area (Å²) in [5.74, 6) is -1.08. The van der Waals surface area contributed by atoms with Gasteiger partial charge in [0.2, 0.25) is 0 Å². The molecule has 1 amide bonds. The van der Waals surface area contributed by atoms with E-state index in [0.717, 1.165) is 0 Å². The summed E-state index contributed by atoms with van der Waals surface area (Å²) in [7, 11) is 2.86. The fourth-order valence-corrected chi connectivity index (χ4v) is 2.58. The number of amides is 1. The van der Waals surface area contributed by atoms with Crippen molar-refractivity contribution in [1.29, 1.82) is 0 Å². The zero-order valence-corrected chi connectivity index (χ0v) is 10.5. The van der Waals surface area contributed by atoms with Gasteiger partial charge >= 0.3 is 5.97 Å². The molecule has 0 spiro atoms. The molecule has 2 heterocycles. The molecule has 2 bridgehead atoms. The third-order valence-electron chi connectivity index (χ3n) is 3.59. The molecule has 2 rings (SSSR count). The van der Waals surface area contributed by atoms with Crippen LogP contribution in [0.1, 0.15) is 20.3 Å². The first kappa shape index (κ1) is 12.3. The number of hydrogen-bond acceptors (Lipinski definition) is 5. The SMILES string of the molecule is CCO[C@@H]1C[C@@]2(C)O[C@]1(C(=O)OC)C(=O)N2C. The Kier molecular flexibility index (Phi) is 2.67. The highest BCUT2D eigenvalue weighted by Crippen LogP contribution is 2.49. The van der Waals surface area contributed by atoms with Crippen LogP contribution in [0.3, 0.4) is 0 Å². The zero-order chi connectivity index (χ0) is 12.8. The number of fused-ring (bicyclic) bond motifs is 2. The first-order valence-electron chi connectivity index (χ1n) is 5.61. The van der Waals surface area contributed by atoms with E-state index in [1.54, 1.807) is 14.0 Å². The van der Waals surface area contributed by atoms with Gasteiger partial charge in [0.25, 0.3) is 11.5 Å². The monoisotopic (exact) mass is 243 g/mol. The van der Waals surface area contributed by atoms with Gasteiger partial charge in [0.05, 0.1) is 7.11 Å². The zero-order valence-electron chi connectivity index (χ0n) is 10.5. The summed E-state index contributed by atoms with van der Waals surface area (Å²) in [6.45, 7) is 4.00. The summed E-state index contributed by atoms with van der Waals surface area (Å²) in [5, 5.41) is 0. The molecule has 0 aliphatic carbocycles. The van der Waals surface area contributed by atoms with Crippen LogP contribution in [0.5, 0.6) is 0 Å². The van der Waals surface area contributed by atoms with Gasteiger partial charge in [-0.15, -0.1) is 0 Å². The van der Waals surface area contributed by atoms with Crippen molar-refractivity contribution >= 4 is 11.9 Å². The van der Waals surface area contributed by atoms with Gasteiger partial charge in [-0.1, -0.05) is 0 Å². The van der Waals surface area contributed by atoms with Crippen molar-refractivity contribution in [3.8, 4) is 0 Å².